The second-order valence-corrected chi connectivity index (χ2v) is 1.96. The Balaban J connectivity index is 2.26. The van der Waals surface area contributed by atoms with Crippen LogP contribution in [0.1, 0.15) is 12.8 Å². The summed E-state index contributed by atoms with van der Waals surface area (Å²) in [5.41, 5.74) is 0. The first-order valence-corrected chi connectivity index (χ1v) is 2.60. The molecule has 0 aromatic heterocycles. The van der Waals surface area contributed by atoms with Crippen molar-refractivity contribution in [2.45, 2.75) is 25.0 Å². The van der Waals surface area contributed by atoms with Crippen molar-refractivity contribution in [2.24, 2.45) is 0 Å². The molecule has 1 fully saturated rings. The van der Waals surface area contributed by atoms with Gasteiger partial charge < -0.3 is 4.74 Å². The maximum absolute atomic E-state index is 5.14. The summed E-state index contributed by atoms with van der Waals surface area (Å²) in [6.45, 7) is 7.45. The van der Waals surface area contributed by atoms with Gasteiger partial charge in [0.25, 0.3) is 0 Å². The van der Waals surface area contributed by atoms with Gasteiger partial charge in [-0.1, -0.05) is 0 Å². The Labute approximate surface area is 44.7 Å². The topological polar surface area (TPSA) is 9.23 Å². The quantitative estimate of drug-likeness (QED) is 0.442. The summed E-state index contributed by atoms with van der Waals surface area (Å²) in [6.07, 6.45) is 2.58. The number of hydrogen-bond donors (Lipinski definition) is 0. The van der Waals surface area contributed by atoms with Crippen LogP contribution in [0, 0.1) is 13.8 Å². The van der Waals surface area contributed by atoms with Gasteiger partial charge in [-0.3, -0.25) is 0 Å². The fourth-order valence-electron chi connectivity index (χ4n) is 0.780. The lowest BCUT2D eigenvalue weighted by molar-refractivity contribution is 0.0973. The van der Waals surface area contributed by atoms with Crippen molar-refractivity contribution in [3.8, 4) is 0 Å². The summed E-state index contributed by atoms with van der Waals surface area (Å²) >= 11 is 0. The Bertz CT molecular complexity index is 53.2. The third kappa shape index (κ3) is 1.16. The molecule has 1 rings (SSSR count). The average Bonchev–Trinajstić information content (AvgIpc) is 1.87. The predicted octanol–water partition coefficient (Wildman–Crippen LogP) is 1.20. The Hall–Kier alpha value is -0.0400. The molecule has 2 radical (unpaired) electrons. The SMILES string of the molecule is [CH2][C@@H]1CC[C@H]([CH2])O1. The third-order valence-corrected chi connectivity index (χ3v) is 1.20. The zero-order chi connectivity index (χ0) is 5.28. The molecular weight excluding hydrogens is 88.1 g/mol. The summed E-state index contributed by atoms with van der Waals surface area (Å²) in [5.74, 6) is 0. The molecular formula is C6H10O. The van der Waals surface area contributed by atoms with Gasteiger partial charge in [0, 0.05) is 0 Å². The summed E-state index contributed by atoms with van der Waals surface area (Å²) < 4.78 is 5.14. The van der Waals surface area contributed by atoms with Crippen LogP contribution in [0.3, 0.4) is 0 Å². The van der Waals surface area contributed by atoms with E-state index in [1.165, 1.54) is 0 Å². The molecule has 0 amide bonds. The molecule has 1 saturated heterocycles. The van der Waals surface area contributed by atoms with Gasteiger partial charge in [-0.25, -0.2) is 0 Å². The number of ether oxygens (including phenoxy) is 1. The van der Waals surface area contributed by atoms with E-state index in [9.17, 15) is 0 Å². The Morgan fingerprint density at radius 2 is 1.57 bits per heavy atom. The van der Waals surface area contributed by atoms with Crippen molar-refractivity contribution in [1.82, 2.24) is 0 Å². The minimum absolute atomic E-state index is 0.211. The van der Waals surface area contributed by atoms with E-state index in [1.54, 1.807) is 0 Å². The van der Waals surface area contributed by atoms with Gasteiger partial charge in [0.2, 0.25) is 0 Å². The molecule has 7 heavy (non-hydrogen) atoms. The highest BCUT2D eigenvalue weighted by molar-refractivity contribution is 4.75. The van der Waals surface area contributed by atoms with Gasteiger partial charge in [0.15, 0.2) is 0 Å². The normalized spacial score (nSPS) is 42.0. The predicted molar refractivity (Wildman–Crippen MR) is 28.6 cm³/mol. The summed E-state index contributed by atoms with van der Waals surface area (Å²) in [5, 5.41) is 0. The molecule has 1 heterocycles. The van der Waals surface area contributed by atoms with E-state index in [4.69, 9.17) is 4.74 Å². The highest BCUT2D eigenvalue weighted by atomic mass is 16.5. The first-order chi connectivity index (χ1) is 3.29. The molecule has 0 N–H and O–H groups in total. The van der Waals surface area contributed by atoms with Gasteiger partial charge in [0.05, 0.1) is 12.2 Å². The van der Waals surface area contributed by atoms with Gasteiger partial charge >= 0.3 is 0 Å². The molecule has 0 spiro atoms. The van der Waals surface area contributed by atoms with Crippen LogP contribution in [0.2, 0.25) is 0 Å². The number of rotatable bonds is 0. The van der Waals surface area contributed by atoms with Gasteiger partial charge in [-0.05, 0) is 26.7 Å². The fraction of sp³-hybridized carbons (Fsp3) is 0.667. The van der Waals surface area contributed by atoms with E-state index in [0.717, 1.165) is 12.8 Å². The molecule has 0 unspecified atom stereocenters. The number of hydrogen-bond acceptors (Lipinski definition) is 1. The van der Waals surface area contributed by atoms with Crippen LogP contribution in [0.15, 0.2) is 0 Å². The standard InChI is InChI=1S/C6H10O/c1-5-3-4-6(2)7-5/h5-6H,1-4H2/t5-,6+. The molecule has 0 aromatic carbocycles. The van der Waals surface area contributed by atoms with E-state index in [0.29, 0.717) is 0 Å². The maximum Gasteiger partial charge on any atom is 0.0580 e. The van der Waals surface area contributed by atoms with Crippen LogP contribution in [0.4, 0.5) is 0 Å². The van der Waals surface area contributed by atoms with Crippen LogP contribution in [-0.4, -0.2) is 12.2 Å². The van der Waals surface area contributed by atoms with Crippen molar-refractivity contribution in [1.29, 1.82) is 0 Å². The molecule has 0 aliphatic carbocycles. The Morgan fingerprint density at radius 3 is 1.71 bits per heavy atom. The Kier molecular flexibility index (Phi) is 1.33. The van der Waals surface area contributed by atoms with E-state index in [2.05, 4.69) is 13.8 Å². The monoisotopic (exact) mass is 98.1 g/mol. The molecule has 1 aliphatic rings. The minimum Gasteiger partial charge on any atom is -0.375 e. The van der Waals surface area contributed by atoms with Crippen LogP contribution in [0.5, 0.6) is 0 Å². The van der Waals surface area contributed by atoms with Crippen LogP contribution < -0.4 is 0 Å². The van der Waals surface area contributed by atoms with Crippen LogP contribution >= 0.6 is 0 Å². The van der Waals surface area contributed by atoms with Crippen molar-refractivity contribution in [2.75, 3.05) is 0 Å². The summed E-state index contributed by atoms with van der Waals surface area (Å²) in [7, 11) is 0. The molecule has 2 atom stereocenters. The molecule has 1 aliphatic heterocycles. The lowest BCUT2D eigenvalue weighted by Crippen LogP contribution is -2.02. The smallest absolute Gasteiger partial charge is 0.0580 e. The molecule has 0 bridgehead atoms. The second kappa shape index (κ2) is 1.83. The zero-order valence-corrected chi connectivity index (χ0v) is 4.39. The van der Waals surface area contributed by atoms with E-state index in [1.807, 2.05) is 0 Å². The van der Waals surface area contributed by atoms with Crippen molar-refractivity contribution in [3.05, 3.63) is 13.8 Å². The molecule has 1 heteroatoms. The molecule has 1 nitrogen and oxygen atoms in total. The second-order valence-electron chi connectivity index (χ2n) is 1.96. The largest absolute Gasteiger partial charge is 0.375 e. The molecule has 40 valence electrons. The van der Waals surface area contributed by atoms with E-state index >= 15 is 0 Å². The molecule has 0 aromatic rings. The van der Waals surface area contributed by atoms with Gasteiger partial charge in [0.1, 0.15) is 0 Å². The van der Waals surface area contributed by atoms with Crippen molar-refractivity contribution in [3.63, 3.8) is 0 Å². The van der Waals surface area contributed by atoms with Crippen LogP contribution in [0.25, 0.3) is 0 Å². The van der Waals surface area contributed by atoms with Gasteiger partial charge in [-0.2, -0.15) is 0 Å². The third-order valence-electron chi connectivity index (χ3n) is 1.20. The first-order valence-electron chi connectivity index (χ1n) is 2.60. The lowest BCUT2D eigenvalue weighted by Gasteiger charge is -2.01. The minimum atomic E-state index is 0.211. The van der Waals surface area contributed by atoms with Gasteiger partial charge in [-0.15, -0.1) is 0 Å². The van der Waals surface area contributed by atoms with E-state index in [-0.39, 0.29) is 12.2 Å². The van der Waals surface area contributed by atoms with Crippen molar-refractivity contribution < 1.29 is 4.74 Å². The fourth-order valence-corrected chi connectivity index (χ4v) is 0.780. The van der Waals surface area contributed by atoms with Crippen molar-refractivity contribution >= 4 is 0 Å². The summed E-state index contributed by atoms with van der Waals surface area (Å²) in [4.78, 5) is 0. The molecule has 0 saturated carbocycles. The lowest BCUT2D eigenvalue weighted by atomic mass is 10.2. The summed E-state index contributed by atoms with van der Waals surface area (Å²) in [6, 6.07) is 0. The van der Waals surface area contributed by atoms with Crippen LogP contribution in [-0.2, 0) is 4.74 Å². The highest BCUT2D eigenvalue weighted by Crippen LogP contribution is 2.16. The van der Waals surface area contributed by atoms with E-state index < -0.39 is 0 Å². The first kappa shape index (κ1) is 5.10. The average molecular weight is 98.1 g/mol. The Morgan fingerprint density at radius 1 is 1.14 bits per heavy atom. The highest BCUT2D eigenvalue weighted by Gasteiger charge is 2.16. The zero-order valence-electron chi connectivity index (χ0n) is 4.39. The maximum atomic E-state index is 5.14.